The molecule has 1 aromatic carbocycles. The van der Waals surface area contributed by atoms with Gasteiger partial charge in [-0.3, -0.25) is 14.4 Å². The highest BCUT2D eigenvalue weighted by Crippen LogP contribution is 2.33. The third-order valence-electron chi connectivity index (χ3n) is 2.89. The Kier molecular flexibility index (Phi) is 4.81. The van der Waals surface area contributed by atoms with Crippen LogP contribution in [-0.2, 0) is 14.4 Å². The van der Waals surface area contributed by atoms with Crippen LogP contribution < -0.4 is 16.4 Å². The molecule has 5 N–H and O–H groups in total. The van der Waals surface area contributed by atoms with Crippen LogP contribution in [-0.4, -0.2) is 34.7 Å². The molecule has 1 unspecified atom stereocenters. The molecule has 1 aliphatic rings. The van der Waals surface area contributed by atoms with Crippen LogP contribution in [0.2, 0.25) is 0 Å². The Balaban J connectivity index is 1.99. The Hall–Kier alpha value is -2.06. The van der Waals surface area contributed by atoms with Gasteiger partial charge in [0.2, 0.25) is 11.8 Å². The van der Waals surface area contributed by atoms with Crippen molar-refractivity contribution in [1.82, 2.24) is 0 Å². The number of hydrogen-bond acceptors (Lipinski definition) is 5. The largest absolute Gasteiger partial charge is 0.481 e. The van der Waals surface area contributed by atoms with Gasteiger partial charge in [-0.05, 0) is 24.6 Å². The Morgan fingerprint density at radius 1 is 1.48 bits per heavy atom. The summed E-state index contributed by atoms with van der Waals surface area (Å²) in [4.78, 5) is 34.5. The summed E-state index contributed by atoms with van der Waals surface area (Å²) < 4.78 is 0. The third kappa shape index (κ3) is 4.20. The van der Waals surface area contributed by atoms with Gasteiger partial charge in [-0.1, -0.05) is 0 Å². The molecule has 0 bridgehead atoms. The van der Waals surface area contributed by atoms with E-state index in [0.717, 1.165) is 4.90 Å². The SMILES string of the molecule is NC(CCC(=O)O)C(=O)Nc1ccc2c(c1)NC(=O)CS2. The summed E-state index contributed by atoms with van der Waals surface area (Å²) >= 11 is 1.43. The maximum atomic E-state index is 11.8. The van der Waals surface area contributed by atoms with Crippen LogP contribution in [0.3, 0.4) is 0 Å². The van der Waals surface area contributed by atoms with Crippen molar-refractivity contribution in [1.29, 1.82) is 0 Å². The first-order chi connectivity index (χ1) is 9.95. The molecule has 1 aliphatic heterocycles. The quantitative estimate of drug-likeness (QED) is 0.640. The number of carbonyl (C=O) groups is 3. The molecule has 0 radical (unpaired) electrons. The zero-order chi connectivity index (χ0) is 15.4. The molecule has 0 saturated carbocycles. The number of thioether (sulfide) groups is 1. The fraction of sp³-hybridized carbons (Fsp3) is 0.308. The number of carboxylic acid groups (broad SMARTS) is 1. The lowest BCUT2D eigenvalue weighted by Gasteiger charge is -2.18. The number of fused-ring (bicyclic) bond motifs is 1. The molecule has 112 valence electrons. The molecule has 2 rings (SSSR count). The second-order valence-electron chi connectivity index (χ2n) is 4.58. The van der Waals surface area contributed by atoms with Gasteiger partial charge in [0, 0.05) is 17.0 Å². The van der Waals surface area contributed by atoms with Crippen LogP contribution in [0, 0.1) is 0 Å². The highest BCUT2D eigenvalue weighted by Gasteiger charge is 2.18. The molecule has 1 atom stereocenters. The van der Waals surface area contributed by atoms with Gasteiger partial charge in [0.05, 0.1) is 17.5 Å². The molecule has 2 amide bonds. The first-order valence-corrected chi connectivity index (χ1v) is 7.29. The maximum Gasteiger partial charge on any atom is 0.303 e. The van der Waals surface area contributed by atoms with E-state index in [1.54, 1.807) is 18.2 Å². The van der Waals surface area contributed by atoms with Gasteiger partial charge in [-0.25, -0.2) is 0 Å². The zero-order valence-corrected chi connectivity index (χ0v) is 11.9. The van der Waals surface area contributed by atoms with Gasteiger partial charge in [0.25, 0.3) is 0 Å². The number of amides is 2. The van der Waals surface area contributed by atoms with E-state index in [1.165, 1.54) is 11.8 Å². The fourth-order valence-electron chi connectivity index (χ4n) is 1.81. The van der Waals surface area contributed by atoms with Crippen molar-refractivity contribution >= 4 is 40.9 Å². The molecule has 0 spiro atoms. The third-order valence-corrected chi connectivity index (χ3v) is 3.96. The van der Waals surface area contributed by atoms with Crippen molar-refractivity contribution in [3.63, 3.8) is 0 Å². The lowest BCUT2D eigenvalue weighted by atomic mass is 10.1. The van der Waals surface area contributed by atoms with E-state index in [2.05, 4.69) is 10.6 Å². The van der Waals surface area contributed by atoms with Gasteiger partial charge >= 0.3 is 5.97 Å². The van der Waals surface area contributed by atoms with Crippen LogP contribution in [0.5, 0.6) is 0 Å². The number of rotatable bonds is 5. The van der Waals surface area contributed by atoms with E-state index in [0.29, 0.717) is 17.1 Å². The first-order valence-electron chi connectivity index (χ1n) is 6.30. The highest BCUT2D eigenvalue weighted by atomic mass is 32.2. The molecule has 1 aromatic rings. The second kappa shape index (κ2) is 6.59. The Labute approximate surface area is 125 Å². The second-order valence-corrected chi connectivity index (χ2v) is 5.59. The van der Waals surface area contributed by atoms with Gasteiger partial charge in [-0.2, -0.15) is 0 Å². The maximum absolute atomic E-state index is 11.8. The van der Waals surface area contributed by atoms with Crippen molar-refractivity contribution in [2.75, 3.05) is 16.4 Å². The van der Waals surface area contributed by atoms with E-state index in [-0.39, 0.29) is 18.7 Å². The Morgan fingerprint density at radius 2 is 2.24 bits per heavy atom. The average molecular weight is 309 g/mol. The highest BCUT2D eigenvalue weighted by molar-refractivity contribution is 8.00. The standard InChI is InChI=1S/C13H15N3O4S/c14-8(2-4-12(18)19)13(20)15-7-1-3-10-9(5-7)16-11(17)6-21-10/h1,3,5,8H,2,4,6,14H2,(H,15,20)(H,16,17)(H,18,19). The monoisotopic (exact) mass is 309 g/mol. The van der Waals surface area contributed by atoms with Crippen molar-refractivity contribution in [3.8, 4) is 0 Å². The summed E-state index contributed by atoms with van der Waals surface area (Å²) in [5.41, 5.74) is 6.78. The molecular weight excluding hydrogens is 294 g/mol. The normalized spacial score (nSPS) is 14.8. The molecule has 21 heavy (non-hydrogen) atoms. The minimum Gasteiger partial charge on any atom is -0.481 e. The van der Waals surface area contributed by atoms with Crippen molar-refractivity contribution in [3.05, 3.63) is 18.2 Å². The van der Waals surface area contributed by atoms with Gasteiger partial charge in [-0.15, -0.1) is 11.8 Å². The molecule has 0 aliphatic carbocycles. The van der Waals surface area contributed by atoms with Crippen LogP contribution in [0.1, 0.15) is 12.8 Å². The predicted octanol–water partition coefficient (Wildman–Crippen LogP) is 0.861. The van der Waals surface area contributed by atoms with E-state index >= 15 is 0 Å². The van der Waals surface area contributed by atoms with Crippen molar-refractivity contribution in [2.45, 2.75) is 23.8 Å². The molecule has 0 saturated heterocycles. The summed E-state index contributed by atoms with van der Waals surface area (Å²) in [6, 6.07) is 4.28. The number of anilines is 2. The smallest absolute Gasteiger partial charge is 0.303 e. The van der Waals surface area contributed by atoms with E-state index in [4.69, 9.17) is 10.8 Å². The lowest BCUT2D eigenvalue weighted by molar-refractivity contribution is -0.137. The molecule has 8 heteroatoms. The number of carboxylic acids is 1. The summed E-state index contributed by atoms with van der Waals surface area (Å²) in [6.45, 7) is 0. The molecule has 0 aromatic heterocycles. The van der Waals surface area contributed by atoms with Crippen LogP contribution in [0.4, 0.5) is 11.4 Å². The van der Waals surface area contributed by atoms with Gasteiger partial charge in [0.15, 0.2) is 0 Å². The Bertz CT molecular complexity index is 591. The van der Waals surface area contributed by atoms with E-state index < -0.39 is 17.9 Å². The van der Waals surface area contributed by atoms with Gasteiger partial charge < -0.3 is 21.5 Å². The topological polar surface area (TPSA) is 122 Å². The number of nitrogens with one attached hydrogen (secondary N) is 2. The van der Waals surface area contributed by atoms with Crippen molar-refractivity contribution in [2.24, 2.45) is 5.73 Å². The summed E-state index contributed by atoms with van der Waals surface area (Å²) in [7, 11) is 0. The molecule has 0 fully saturated rings. The number of hydrogen-bond donors (Lipinski definition) is 4. The van der Waals surface area contributed by atoms with Crippen LogP contribution in [0.15, 0.2) is 23.1 Å². The summed E-state index contributed by atoms with van der Waals surface area (Å²) in [6.07, 6.45) is -0.0931. The average Bonchev–Trinajstić information content (AvgIpc) is 2.44. The lowest BCUT2D eigenvalue weighted by Crippen LogP contribution is -2.36. The number of carbonyl (C=O) groups excluding carboxylic acids is 2. The van der Waals surface area contributed by atoms with Crippen LogP contribution >= 0.6 is 11.8 Å². The van der Waals surface area contributed by atoms with E-state index in [1.807, 2.05) is 0 Å². The molecule has 1 heterocycles. The van der Waals surface area contributed by atoms with E-state index in [9.17, 15) is 14.4 Å². The number of benzene rings is 1. The fourth-order valence-corrected chi connectivity index (χ4v) is 2.59. The number of aliphatic carboxylic acids is 1. The Morgan fingerprint density at radius 3 is 2.95 bits per heavy atom. The summed E-state index contributed by atoms with van der Waals surface area (Å²) in [5, 5.41) is 13.9. The number of nitrogens with two attached hydrogens (primary N) is 1. The first kappa shape index (κ1) is 15.3. The summed E-state index contributed by atoms with van der Waals surface area (Å²) in [5.74, 6) is -1.16. The minimum atomic E-state index is -0.994. The molecular formula is C13H15N3O4S. The zero-order valence-electron chi connectivity index (χ0n) is 11.1. The molecule has 7 nitrogen and oxygen atoms in total. The van der Waals surface area contributed by atoms with Gasteiger partial charge in [0.1, 0.15) is 0 Å². The van der Waals surface area contributed by atoms with Crippen molar-refractivity contribution < 1.29 is 19.5 Å². The predicted molar refractivity (Wildman–Crippen MR) is 79.3 cm³/mol. The van der Waals surface area contributed by atoms with Crippen LogP contribution in [0.25, 0.3) is 0 Å². The minimum absolute atomic E-state index is 0.0681.